The minimum Gasteiger partial charge on any atom is -0.480 e. The molecule has 0 aromatic rings. The van der Waals surface area contributed by atoms with Crippen LogP contribution in [0.1, 0.15) is 51.4 Å². The summed E-state index contributed by atoms with van der Waals surface area (Å²) in [5.74, 6) is -3.41. The van der Waals surface area contributed by atoms with Crippen LogP contribution in [0.2, 0.25) is 0 Å². The molecule has 4 amide bonds. The third-order valence-electron chi connectivity index (χ3n) is 5.42. The first-order valence-electron chi connectivity index (χ1n) is 12.3. The number of hydrogen-bond donors (Lipinski definition) is 9. The largest absolute Gasteiger partial charge is 0.480 e. The molecule has 0 saturated carbocycles. The maximum atomic E-state index is 13.1. The van der Waals surface area contributed by atoms with Crippen molar-refractivity contribution in [3.63, 3.8) is 0 Å². The van der Waals surface area contributed by atoms with Crippen molar-refractivity contribution in [2.45, 2.75) is 75.5 Å². The van der Waals surface area contributed by atoms with Crippen LogP contribution in [0.3, 0.4) is 0 Å². The minimum absolute atomic E-state index is 0.0107. The molecule has 0 rings (SSSR count). The first-order chi connectivity index (χ1) is 17.9. The summed E-state index contributed by atoms with van der Waals surface area (Å²) in [6.45, 7) is 0.583. The van der Waals surface area contributed by atoms with E-state index in [1.54, 1.807) is 0 Å². The second-order valence-electron chi connectivity index (χ2n) is 8.65. The highest BCUT2D eigenvalue weighted by atomic mass is 32.2. The van der Waals surface area contributed by atoms with E-state index in [0.717, 1.165) is 0 Å². The smallest absolute Gasteiger partial charge is 0.326 e. The zero-order valence-electron chi connectivity index (χ0n) is 21.8. The number of primary amides is 1. The number of aliphatic carboxylic acids is 1. The van der Waals surface area contributed by atoms with Gasteiger partial charge in [-0.15, -0.1) is 0 Å². The maximum Gasteiger partial charge on any atom is 0.326 e. The summed E-state index contributed by atoms with van der Waals surface area (Å²) in [4.78, 5) is 65.1. The lowest BCUT2D eigenvalue weighted by atomic mass is 10.1. The molecule has 0 heterocycles. The Kier molecular flexibility index (Phi) is 18.3. The molecular formula is C22H43N9O6S. The molecule has 4 unspecified atom stereocenters. The van der Waals surface area contributed by atoms with Crippen LogP contribution in [-0.4, -0.2) is 89.9 Å². The topological polar surface area (TPSA) is 284 Å². The predicted molar refractivity (Wildman–Crippen MR) is 146 cm³/mol. The summed E-state index contributed by atoms with van der Waals surface area (Å²) in [6.07, 6.45) is 3.70. The summed E-state index contributed by atoms with van der Waals surface area (Å²) in [7, 11) is 0. The van der Waals surface area contributed by atoms with Gasteiger partial charge in [-0.05, 0) is 63.5 Å². The molecule has 4 atom stereocenters. The van der Waals surface area contributed by atoms with Crippen LogP contribution < -0.4 is 44.6 Å². The van der Waals surface area contributed by atoms with Gasteiger partial charge in [0, 0.05) is 13.0 Å². The molecule has 0 aromatic carbocycles. The molecule has 15 nitrogen and oxygen atoms in total. The van der Waals surface area contributed by atoms with E-state index in [2.05, 4.69) is 20.9 Å². The highest BCUT2D eigenvalue weighted by Crippen LogP contribution is 2.07. The number of thioether (sulfide) groups is 1. The normalized spacial score (nSPS) is 13.9. The molecule has 0 aliphatic carbocycles. The van der Waals surface area contributed by atoms with Gasteiger partial charge in [-0.25, -0.2) is 4.79 Å². The monoisotopic (exact) mass is 561 g/mol. The van der Waals surface area contributed by atoms with Crippen LogP contribution in [-0.2, 0) is 24.0 Å². The quantitative estimate of drug-likeness (QED) is 0.0388. The molecule has 0 bridgehead atoms. The van der Waals surface area contributed by atoms with Gasteiger partial charge in [0.1, 0.15) is 18.1 Å². The van der Waals surface area contributed by atoms with Crippen molar-refractivity contribution in [2.75, 3.05) is 25.1 Å². The van der Waals surface area contributed by atoms with Gasteiger partial charge in [-0.2, -0.15) is 11.8 Å². The van der Waals surface area contributed by atoms with E-state index in [-0.39, 0.29) is 44.6 Å². The van der Waals surface area contributed by atoms with E-state index >= 15 is 0 Å². The van der Waals surface area contributed by atoms with E-state index < -0.39 is 53.8 Å². The molecule has 0 saturated heterocycles. The summed E-state index contributed by atoms with van der Waals surface area (Å²) in [6, 6.07) is -4.34. The highest BCUT2D eigenvalue weighted by Gasteiger charge is 2.30. The average Bonchev–Trinajstić information content (AvgIpc) is 2.85. The van der Waals surface area contributed by atoms with Crippen LogP contribution in [0.4, 0.5) is 0 Å². The molecule has 38 heavy (non-hydrogen) atoms. The number of nitrogens with two attached hydrogens (primary N) is 5. The molecule has 16 heteroatoms. The van der Waals surface area contributed by atoms with Crippen molar-refractivity contribution in [3.05, 3.63) is 0 Å². The Morgan fingerprint density at radius 3 is 1.89 bits per heavy atom. The lowest BCUT2D eigenvalue weighted by Crippen LogP contribution is -2.57. The number of guanidine groups is 1. The van der Waals surface area contributed by atoms with Crippen molar-refractivity contribution < 1.29 is 29.1 Å². The Hall–Kier alpha value is -3.11. The zero-order chi connectivity index (χ0) is 29.1. The summed E-state index contributed by atoms with van der Waals surface area (Å²) in [5.41, 5.74) is 27.0. The van der Waals surface area contributed by atoms with Gasteiger partial charge in [0.2, 0.25) is 23.6 Å². The number of rotatable bonds is 21. The number of hydrogen-bond acceptors (Lipinski definition) is 9. The van der Waals surface area contributed by atoms with Crippen LogP contribution in [0, 0.1) is 0 Å². The Labute approximate surface area is 226 Å². The van der Waals surface area contributed by atoms with Crippen LogP contribution in [0.15, 0.2) is 4.99 Å². The number of unbranched alkanes of at least 4 members (excludes halogenated alkanes) is 1. The molecule has 0 aromatic heterocycles. The Bertz CT molecular complexity index is 810. The third kappa shape index (κ3) is 15.9. The number of carbonyl (C=O) groups excluding carboxylic acids is 4. The molecular weight excluding hydrogens is 518 g/mol. The van der Waals surface area contributed by atoms with E-state index in [9.17, 15) is 29.1 Å². The predicted octanol–water partition coefficient (Wildman–Crippen LogP) is -2.95. The van der Waals surface area contributed by atoms with Crippen molar-refractivity contribution in [3.8, 4) is 0 Å². The van der Waals surface area contributed by atoms with Gasteiger partial charge < -0.3 is 49.7 Å². The highest BCUT2D eigenvalue weighted by molar-refractivity contribution is 7.98. The van der Waals surface area contributed by atoms with E-state index in [4.69, 9.17) is 28.7 Å². The molecule has 218 valence electrons. The first-order valence-corrected chi connectivity index (χ1v) is 13.7. The van der Waals surface area contributed by atoms with Crippen LogP contribution in [0.5, 0.6) is 0 Å². The number of carboxylic acid groups (broad SMARTS) is 1. The standard InChI is InChI=1S/C22H43N9O6S/c1-38-12-9-15(20(35)31-16(21(36)37)6-4-11-28-22(26)27)30-19(34)14(5-2-3-10-23)29-18(33)13(24)7-8-17(25)32/h13-16H,2-12,23-24H2,1H3,(H2,25,32)(H,29,33)(H,30,34)(H,31,35)(H,36,37)(H4,26,27,28). The van der Waals surface area contributed by atoms with Gasteiger partial charge in [0.25, 0.3) is 0 Å². The van der Waals surface area contributed by atoms with E-state index in [0.29, 0.717) is 31.6 Å². The third-order valence-corrected chi connectivity index (χ3v) is 6.07. The molecule has 0 aliphatic rings. The molecule has 0 fully saturated rings. The zero-order valence-corrected chi connectivity index (χ0v) is 22.6. The fourth-order valence-electron chi connectivity index (χ4n) is 3.28. The van der Waals surface area contributed by atoms with Gasteiger partial charge >= 0.3 is 5.97 Å². The lowest BCUT2D eigenvalue weighted by molar-refractivity contribution is -0.142. The molecule has 14 N–H and O–H groups in total. The number of amides is 4. The van der Waals surface area contributed by atoms with Crippen molar-refractivity contribution in [2.24, 2.45) is 33.7 Å². The second kappa shape index (κ2) is 19.9. The summed E-state index contributed by atoms with van der Waals surface area (Å²) >= 11 is 1.44. The van der Waals surface area contributed by atoms with Crippen LogP contribution >= 0.6 is 11.8 Å². The van der Waals surface area contributed by atoms with Crippen molar-refractivity contribution in [1.82, 2.24) is 16.0 Å². The Balaban J connectivity index is 5.44. The van der Waals surface area contributed by atoms with E-state index in [1.807, 2.05) is 6.26 Å². The first kappa shape index (κ1) is 34.9. The number of carboxylic acids is 1. The molecule has 0 radical (unpaired) electrons. The van der Waals surface area contributed by atoms with E-state index in [1.165, 1.54) is 11.8 Å². The minimum atomic E-state index is -1.24. The Morgan fingerprint density at radius 2 is 1.37 bits per heavy atom. The molecule has 0 aliphatic heterocycles. The van der Waals surface area contributed by atoms with Gasteiger partial charge in [-0.3, -0.25) is 24.2 Å². The van der Waals surface area contributed by atoms with Crippen LogP contribution in [0.25, 0.3) is 0 Å². The number of nitrogens with one attached hydrogen (secondary N) is 3. The number of nitrogens with zero attached hydrogens (tertiary/aromatic N) is 1. The number of carbonyl (C=O) groups is 5. The second-order valence-corrected chi connectivity index (χ2v) is 9.63. The van der Waals surface area contributed by atoms with Gasteiger partial charge in [-0.1, -0.05) is 0 Å². The fourth-order valence-corrected chi connectivity index (χ4v) is 3.75. The van der Waals surface area contributed by atoms with Gasteiger partial charge in [0.05, 0.1) is 6.04 Å². The fraction of sp³-hybridized carbons (Fsp3) is 0.727. The van der Waals surface area contributed by atoms with Gasteiger partial charge in [0.15, 0.2) is 5.96 Å². The maximum absolute atomic E-state index is 13.1. The SMILES string of the molecule is CSCCC(NC(=O)C(CCCCN)NC(=O)C(N)CCC(N)=O)C(=O)NC(CCCN=C(N)N)C(=O)O. The summed E-state index contributed by atoms with van der Waals surface area (Å²) in [5, 5.41) is 17.2. The lowest BCUT2D eigenvalue weighted by Gasteiger charge is -2.25. The molecule has 0 spiro atoms. The van der Waals surface area contributed by atoms with Crippen molar-refractivity contribution in [1.29, 1.82) is 0 Å². The van der Waals surface area contributed by atoms with Crippen molar-refractivity contribution >= 4 is 47.3 Å². The average molecular weight is 562 g/mol. The Morgan fingerprint density at radius 1 is 0.816 bits per heavy atom. The summed E-state index contributed by atoms with van der Waals surface area (Å²) < 4.78 is 0. The number of aliphatic imine (C=N–C) groups is 1.